The van der Waals surface area contributed by atoms with Crippen LogP contribution in [-0.2, 0) is 16.3 Å². The van der Waals surface area contributed by atoms with Gasteiger partial charge >= 0.3 is 12.6 Å². The summed E-state index contributed by atoms with van der Waals surface area (Å²) in [7, 11) is 0. The molecular weight excluding hydrogens is 189 g/mol. The molecule has 0 fully saturated rings. The average Bonchev–Trinajstić information content (AvgIpc) is 1.82. The Kier molecular flexibility index (Phi) is 3.96. The molecule has 11 heavy (non-hydrogen) atoms. The van der Waals surface area contributed by atoms with E-state index in [1.165, 1.54) is 6.92 Å². The molecule has 0 radical (unpaired) electrons. The van der Waals surface area contributed by atoms with Gasteiger partial charge in [-0.2, -0.15) is 0 Å². The van der Waals surface area contributed by atoms with Crippen LogP contribution in [0.3, 0.4) is 0 Å². The Bertz CT molecular complexity index is 210. The van der Waals surface area contributed by atoms with E-state index in [4.69, 9.17) is 15.0 Å². The lowest BCUT2D eigenvalue weighted by molar-refractivity contribution is -0.776. The fourth-order valence-corrected chi connectivity index (χ4v) is 1.20. The van der Waals surface area contributed by atoms with Crippen LogP contribution in [-0.4, -0.2) is 32.2 Å². The van der Waals surface area contributed by atoms with Crippen LogP contribution < -0.4 is 0 Å². The molecule has 0 spiro atoms. The van der Waals surface area contributed by atoms with Gasteiger partial charge in [0.05, 0.1) is 6.92 Å². The quantitative estimate of drug-likeness (QED) is 0.147. The predicted octanol–water partition coefficient (Wildman–Crippen LogP) is 0.0521. The maximum absolute atomic E-state index is 8.91. The van der Waals surface area contributed by atoms with Crippen LogP contribution in [0.2, 0.25) is 0 Å². The molecule has 0 bridgehead atoms. The van der Waals surface area contributed by atoms with Crippen LogP contribution in [0.5, 0.6) is 0 Å². The highest BCUT2D eigenvalue weighted by molar-refractivity contribution is 8.06. The molecule has 0 saturated carbocycles. The number of rotatable bonds is 2. The van der Waals surface area contributed by atoms with E-state index in [0.29, 0.717) is 6.54 Å². The molecular formula is C4H11NO4PS+. The summed E-state index contributed by atoms with van der Waals surface area (Å²) < 4.78 is 5.15. The Labute approximate surface area is 69.8 Å². The number of hydrogen-bond acceptors (Lipinski definition) is 3. The summed E-state index contributed by atoms with van der Waals surface area (Å²) in [5.74, 6) is -0.0131. The SMILES string of the molecule is CC[N+](O)=C(C)OP(O)(O)=S. The first-order valence-corrected chi connectivity index (χ1v) is 5.54. The van der Waals surface area contributed by atoms with E-state index in [1.807, 2.05) is 0 Å². The minimum Gasteiger partial charge on any atom is -0.370 e. The van der Waals surface area contributed by atoms with Crippen LogP contribution in [0.15, 0.2) is 0 Å². The normalized spacial score (nSPS) is 14.2. The highest BCUT2D eigenvalue weighted by atomic mass is 32.5. The molecule has 0 aromatic rings. The molecule has 0 aromatic carbocycles. The van der Waals surface area contributed by atoms with Crippen molar-refractivity contribution < 1.29 is 24.3 Å². The first-order chi connectivity index (χ1) is 4.87. The van der Waals surface area contributed by atoms with Crippen molar-refractivity contribution in [3.63, 3.8) is 0 Å². The third kappa shape index (κ3) is 5.15. The summed E-state index contributed by atoms with van der Waals surface area (Å²) in [5.41, 5.74) is 0. The molecule has 0 aliphatic heterocycles. The van der Waals surface area contributed by atoms with Crippen molar-refractivity contribution in [2.75, 3.05) is 6.54 Å². The zero-order chi connectivity index (χ0) is 9.07. The lowest BCUT2D eigenvalue weighted by atomic mass is 10.7. The second-order valence-corrected chi connectivity index (χ2v) is 4.41. The monoisotopic (exact) mass is 200 g/mol. The molecule has 0 saturated heterocycles. The summed E-state index contributed by atoms with van der Waals surface area (Å²) in [4.78, 5) is 17.3. The molecule has 0 atom stereocenters. The lowest BCUT2D eigenvalue weighted by Gasteiger charge is -2.05. The van der Waals surface area contributed by atoms with Crippen molar-refractivity contribution in [1.29, 1.82) is 0 Å². The van der Waals surface area contributed by atoms with Gasteiger partial charge in [-0.3, -0.25) is 5.21 Å². The molecule has 7 heteroatoms. The van der Waals surface area contributed by atoms with E-state index in [9.17, 15) is 0 Å². The summed E-state index contributed by atoms with van der Waals surface area (Å²) >= 11 is 4.17. The standard InChI is InChI=1S/C4H10NO4PS/c1-3-5(6)4(2)9-10(7,8)11/h3H2,1-2H3,(H2-,6,7,8,11)/p+1. The van der Waals surface area contributed by atoms with Gasteiger partial charge in [0.1, 0.15) is 0 Å². The average molecular weight is 200 g/mol. The van der Waals surface area contributed by atoms with E-state index in [0.717, 1.165) is 4.74 Å². The molecule has 0 aromatic heterocycles. The van der Waals surface area contributed by atoms with E-state index in [-0.39, 0.29) is 5.90 Å². The minimum absolute atomic E-state index is 0.0131. The molecule has 0 aliphatic rings. The predicted molar refractivity (Wildman–Crippen MR) is 43.1 cm³/mol. The fraction of sp³-hybridized carbons (Fsp3) is 0.750. The molecule has 0 aliphatic carbocycles. The molecule has 3 N–H and O–H groups in total. The largest absolute Gasteiger partial charge is 0.388 e. The summed E-state index contributed by atoms with van der Waals surface area (Å²) in [6, 6.07) is 0. The number of hydroxylamine groups is 1. The van der Waals surface area contributed by atoms with Gasteiger partial charge in [0.25, 0.3) is 0 Å². The molecule has 0 rings (SSSR count). The number of nitrogens with zero attached hydrogens (tertiary/aromatic N) is 1. The third-order valence-corrected chi connectivity index (χ3v) is 1.64. The topological polar surface area (TPSA) is 72.9 Å². The second kappa shape index (κ2) is 4.01. The van der Waals surface area contributed by atoms with Crippen molar-refractivity contribution in [3.05, 3.63) is 0 Å². The van der Waals surface area contributed by atoms with Gasteiger partial charge in [-0.25, -0.2) is 0 Å². The highest BCUT2D eigenvalue weighted by Gasteiger charge is 2.17. The molecule has 66 valence electrons. The van der Waals surface area contributed by atoms with Crippen LogP contribution in [0.25, 0.3) is 0 Å². The summed E-state index contributed by atoms with van der Waals surface area (Å²) in [6.07, 6.45) is 0. The Morgan fingerprint density at radius 1 is 1.64 bits per heavy atom. The van der Waals surface area contributed by atoms with Crippen molar-refractivity contribution in [2.45, 2.75) is 13.8 Å². The Balaban J connectivity index is 4.29. The van der Waals surface area contributed by atoms with Crippen molar-refractivity contribution in [2.24, 2.45) is 0 Å². The van der Waals surface area contributed by atoms with Gasteiger partial charge in [0, 0.05) is 16.5 Å². The van der Waals surface area contributed by atoms with Gasteiger partial charge in [0.15, 0.2) is 6.54 Å². The van der Waals surface area contributed by atoms with Crippen molar-refractivity contribution in [1.82, 2.24) is 0 Å². The Hall–Kier alpha value is -0.160. The fourth-order valence-electron chi connectivity index (χ4n) is 0.442. The van der Waals surface area contributed by atoms with Gasteiger partial charge < -0.3 is 14.3 Å². The molecule has 0 unspecified atom stereocenters. The zero-order valence-electron chi connectivity index (χ0n) is 6.26. The smallest absolute Gasteiger partial charge is 0.370 e. The van der Waals surface area contributed by atoms with Crippen LogP contribution in [0, 0.1) is 0 Å². The maximum atomic E-state index is 8.91. The van der Waals surface area contributed by atoms with E-state index in [2.05, 4.69) is 16.3 Å². The van der Waals surface area contributed by atoms with Gasteiger partial charge in [0.2, 0.25) is 0 Å². The second-order valence-electron chi connectivity index (χ2n) is 1.82. The summed E-state index contributed by atoms with van der Waals surface area (Å²) in [5, 5.41) is 8.91. The van der Waals surface area contributed by atoms with Crippen LogP contribution in [0.4, 0.5) is 0 Å². The summed E-state index contributed by atoms with van der Waals surface area (Å²) in [6.45, 7) is -0.344. The lowest BCUT2D eigenvalue weighted by Crippen LogP contribution is -2.16. The van der Waals surface area contributed by atoms with E-state index in [1.54, 1.807) is 6.92 Å². The van der Waals surface area contributed by atoms with Gasteiger partial charge in [-0.15, -0.1) is 0 Å². The van der Waals surface area contributed by atoms with Crippen LogP contribution in [0.1, 0.15) is 13.8 Å². The van der Waals surface area contributed by atoms with Crippen molar-refractivity contribution in [3.8, 4) is 0 Å². The maximum Gasteiger partial charge on any atom is 0.388 e. The highest BCUT2D eigenvalue weighted by Crippen LogP contribution is 2.36. The first kappa shape index (κ1) is 10.8. The molecule has 0 amide bonds. The molecule has 0 heterocycles. The van der Waals surface area contributed by atoms with Gasteiger partial charge in [-0.05, 0) is 6.92 Å². The Morgan fingerprint density at radius 2 is 2.09 bits per heavy atom. The van der Waals surface area contributed by atoms with E-state index < -0.39 is 6.72 Å². The van der Waals surface area contributed by atoms with Gasteiger partial charge in [-0.1, -0.05) is 0 Å². The van der Waals surface area contributed by atoms with Crippen molar-refractivity contribution >= 4 is 24.4 Å². The van der Waals surface area contributed by atoms with E-state index >= 15 is 0 Å². The third-order valence-electron chi connectivity index (χ3n) is 0.914. The zero-order valence-corrected chi connectivity index (χ0v) is 7.97. The Morgan fingerprint density at radius 3 is 2.36 bits per heavy atom. The minimum atomic E-state index is -3.69. The number of hydrogen-bond donors (Lipinski definition) is 3. The molecule has 5 nitrogen and oxygen atoms in total. The first-order valence-electron chi connectivity index (χ1n) is 2.92. The van der Waals surface area contributed by atoms with Crippen LogP contribution >= 0.6 is 6.72 Å².